The molecule has 0 unspecified atom stereocenters. The van der Waals surface area contributed by atoms with Gasteiger partial charge in [-0.2, -0.15) is 0 Å². The molecule has 0 saturated carbocycles. The number of hydrogen-bond acceptors (Lipinski definition) is 5. The quantitative estimate of drug-likeness (QED) is 0.486. The van der Waals surface area contributed by atoms with Crippen LogP contribution in [0.5, 0.6) is 5.75 Å². The highest BCUT2D eigenvalue weighted by Gasteiger charge is 2.45. The lowest BCUT2D eigenvalue weighted by Gasteiger charge is -2.45. The topological polar surface area (TPSA) is 88.1 Å². The Morgan fingerprint density at radius 1 is 1.21 bits per heavy atom. The molecule has 3 rings (SSSR count). The van der Waals surface area contributed by atoms with E-state index in [-0.39, 0.29) is 29.9 Å². The smallest absolute Gasteiger partial charge is 0.335 e. The van der Waals surface area contributed by atoms with E-state index in [1.165, 1.54) is 0 Å². The zero-order chi connectivity index (χ0) is 23.8. The van der Waals surface area contributed by atoms with Crippen molar-refractivity contribution in [2.24, 2.45) is 0 Å². The van der Waals surface area contributed by atoms with Gasteiger partial charge in [0.1, 0.15) is 17.9 Å². The van der Waals surface area contributed by atoms with E-state index in [1.54, 1.807) is 36.4 Å². The third-order valence-electron chi connectivity index (χ3n) is 6.16. The van der Waals surface area contributed by atoms with Crippen molar-refractivity contribution in [2.75, 3.05) is 32.9 Å². The molecule has 9 heteroatoms. The molecule has 0 aliphatic carbocycles. The van der Waals surface area contributed by atoms with E-state index < -0.39 is 11.5 Å². The Hall–Kier alpha value is -2.32. The number of ether oxygens (including phenoxy) is 2. The molecular weight excluding hydrogens is 479 g/mol. The first-order valence-corrected chi connectivity index (χ1v) is 11.6. The summed E-state index contributed by atoms with van der Waals surface area (Å²) in [4.78, 5) is 26.9. The molecule has 1 atom stereocenters. The molecule has 7 nitrogen and oxygen atoms in total. The molecule has 0 aromatic heterocycles. The SMILES string of the molecule is CCN(CCOc1cccc(Cl)c1)C1(C(=O)N[C@@H](C)c2ccc(C(=O)O)cc2)CCOCC1.Cl. The van der Waals surface area contributed by atoms with Gasteiger partial charge in [0.15, 0.2) is 0 Å². The Morgan fingerprint density at radius 3 is 2.47 bits per heavy atom. The second-order valence-electron chi connectivity index (χ2n) is 8.15. The van der Waals surface area contributed by atoms with E-state index in [0.29, 0.717) is 56.5 Å². The molecule has 1 aliphatic heterocycles. The van der Waals surface area contributed by atoms with Crippen molar-refractivity contribution in [1.29, 1.82) is 0 Å². The summed E-state index contributed by atoms with van der Waals surface area (Å²) in [6.07, 6.45) is 1.18. The van der Waals surface area contributed by atoms with Crippen LogP contribution in [0.2, 0.25) is 5.02 Å². The molecular formula is C25H32Cl2N2O5. The summed E-state index contributed by atoms with van der Waals surface area (Å²) < 4.78 is 11.5. The van der Waals surface area contributed by atoms with Crippen LogP contribution in [-0.2, 0) is 9.53 Å². The standard InChI is InChI=1S/C25H31ClN2O5.ClH/c1-3-28(13-16-33-22-6-4-5-21(26)17-22)25(11-14-32-15-12-25)24(31)27-18(2)19-7-9-20(10-8-19)23(29)30;/h4-10,17-18H,3,11-16H2,1-2H3,(H,27,31)(H,29,30);1H/t18-;/m0./s1. The van der Waals surface area contributed by atoms with Crippen LogP contribution in [0.15, 0.2) is 48.5 Å². The predicted molar refractivity (Wildman–Crippen MR) is 134 cm³/mol. The molecule has 0 spiro atoms. The number of aromatic carboxylic acids is 1. The fraction of sp³-hybridized carbons (Fsp3) is 0.440. The highest BCUT2D eigenvalue weighted by Crippen LogP contribution is 2.30. The summed E-state index contributed by atoms with van der Waals surface area (Å²) in [6.45, 7) is 6.67. The fourth-order valence-corrected chi connectivity index (χ4v) is 4.41. The van der Waals surface area contributed by atoms with E-state index in [4.69, 9.17) is 26.2 Å². The number of hydrogen-bond donors (Lipinski definition) is 2. The van der Waals surface area contributed by atoms with Gasteiger partial charge in [-0.05, 0) is 62.2 Å². The number of halogens is 2. The summed E-state index contributed by atoms with van der Waals surface area (Å²) in [6, 6.07) is 13.6. The highest BCUT2D eigenvalue weighted by molar-refractivity contribution is 6.30. The van der Waals surface area contributed by atoms with Crippen LogP contribution in [-0.4, -0.2) is 60.3 Å². The Bertz CT molecular complexity index is 949. The third-order valence-corrected chi connectivity index (χ3v) is 6.40. The van der Waals surface area contributed by atoms with Crippen molar-refractivity contribution in [3.63, 3.8) is 0 Å². The van der Waals surface area contributed by atoms with Gasteiger partial charge in [0.25, 0.3) is 0 Å². The largest absolute Gasteiger partial charge is 0.492 e. The average molecular weight is 511 g/mol. The lowest BCUT2D eigenvalue weighted by molar-refractivity contribution is -0.141. The first-order valence-electron chi connectivity index (χ1n) is 11.2. The monoisotopic (exact) mass is 510 g/mol. The van der Waals surface area contributed by atoms with Gasteiger partial charge in [-0.3, -0.25) is 9.69 Å². The number of carbonyl (C=O) groups excluding carboxylic acids is 1. The number of likely N-dealkylation sites (N-methyl/N-ethyl adjacent to an activating group) is 1. The van der Waals surface area contributed by atoms with Crippen LogP contribution in [0.3, 0.4) is 0 Å². The van der Waals surface area contributed by atoms with Crippen LogP contribution < -0.4 is 10.1 Å². The van der Waals surface area contributed by atoms with E-state index in [1.807, 2.05) is 26.0 Å². The molecule has 1 amide bonds. The van der Waals surface area contributed by atoms with Crippen LogP contribution in [0.25, 0.3) is 0 Å². The summed E-state index contributed by atoms with van der Waals surface area (Å²) >= 11 is 6.04. The number of rotatable bonds is 10. The van der Waals surface area contributed by atoms with E-state index in [0.717, 1.165) is 5.56 Å². The van der Waals surface area contributed by atoms with Crippen molar-refractivity contribution in [3.8, 4) is 5.75 Å². The first kappa shape index (κ1) is 27.9. The number of benzene rings is 2. The number of nitrogens with zero attached hydrogens (tertiary/aromatic N) is 1. The van der Waals surface area contributed by atoms with Crippen LogP contribution in [0, 0.1) is 0 Å². The van der Waals surface area contributed by atoms with Crippen molar-refractivity contribution >= 4 is 35.9 Å². The summed E-state index contributed by atoms with van der Waals surface area (Å²) in [5, 5.41) is 12.9. The van der Waals surface area contributed by atoms with Crippen molar-refractivity contribution in [3.05, 3.63) is 64.7 Å². The number of nitrogens with one attached hydrogen (secondary N) is 1. The summed E-state index contributed by atoms with van der Waals surface area (Å²) in [5.74, 6) is -0.328. The first-order chi connectivity index (χ1) is 15.9. The Labute approximate surface area is 211 Å². The molecule has 0 radical (unpaired) electrons. The van der Waals surface area contributed by atoms with Gasteiger partial charge in [-0.25, -0.2) is 4.79 Å². The zero-order valence-corrected chi connectivity index (χ0v) is 21.0. The van der Waals surface area contributed by atoms with E-state index >= 15 is 0 Å². The van der Waals surface area contributed by atoms with Gasteiger partial charge in [-0.1, -0.05) is 36.7 Å². The van der Waals surface area contributed by atoms with Gasteiger partial charge in [0.05, 0.1) is 11.6 Å². The molecule has 1 heterocycles. The minimum Gasteiger partial charge on any atom is -0.492 e. The lowest BCUT2D eigenvalue weighted by atomic mass is 9.86. The molecule has 1 aliphatic rings. The minimum atomic E-state index is -0.974. The lowest BCUT2D eigenvalue weighted by Crippen LogP contribution is -2.62. The maximum atomic E-state index is 13.6. The number of carboxylic acid groups (broad SMARTS) is 1. The van der Waals surface area contributed by atoms with E-state index in [9.17, 15) is 9.59 Å². The number of amides is 1. The van der Waals surface area contributed by atoms with Gasteiger partial charge < -0.3 is 19.9 Å². The molecule has 1 fully saturated rings. The van der Waals surface area contributed by atoms with Gasteiger partial charge in [0.2, 0.25) is 5.91 Å². The normalized spacial score (nSPS) is 15.8. The zero-order valence-electron chi connectivity index (χ0n) is 19.5. The maximum absolute atomic E-state index is 13.6. The van der Waals surface area contributed by atoms with Crippen LogP contribution in [0.4, 0.5) is 0 Å². The van der Waals surface area contributed by atoms with Gasteiger partial charge in [-0.15, -0.1) is 12.4 Å². The molecule has 34 heavy (non-hydrogen) atoms. The Morgan fingerprint density at radius 2 is 1.88 bits per heavy atom. The molecule has 1 saturated heterocycles. The Kier molecular flexibility index (Phi) is 10.6. The minimum absolute atomic E-state index is 0. The maximum Gasteiger partial charge on any atom is 0.335 e. The third kappa shape index (κ3) is 6.85. The second-order valence-corrected chi connectivity index (χ2v) is 8.59. The molecule has 2 aromatic carbocycles. The predicted octanol–water partition coefficient (Wildman–Crippen LogP) is 4.59. The van der Waals surface area contributed by atoms with Crippen LogP contribution in [0.1, 0.15) is 48.7 Å². The van der Waals surface area contributed by atoms with Gasteiger partial charge in [0, 0.05) is 24.8 Å². The second kappa shape index (κ2) is 13.0. The molecule has 186 valence electrons. The molecule has 2 aromatic rings. The average Bonchev–Trinajstić information content (AvgIpc) is 2.82. The number of carboxylic acids is 1. The highest BCUT2D eigenvalue weighted by atomic mass is 35.5. The van der Waals surface area contributed by atoms with Gasteiger partial charge >= 0.3 is 5.97 Å². The fourth-order valence-electron chi connectivity index (χ4n) is 4.23. The van der Waals surface area contributed by atoms with Crippen LogP contribution >= 0.6 is 24.0 Å². The Balaban J connectivity index is 0.00000408. The molecule has 0 bridgehead atoms. The summed E-state index contributed by atoms with van der Waals surface area (Å²) in [7, 11) is 0. The van der Waals surface area contributed by atoms with Crippen molar-refractivity contribution in [1.82, 2.24) is 10.2 Å². The summed E-state index contributed by atoms with van der Waals surface area (Å²) in [5.41, 5.74) is 0.373. The van der Waals surface area contributed by atoms with Crippen molar-refractivity contribution < 1.29 is 24.2 Å². The molecule has 2 N–H and O–H groups in total. The van der Waals surface area contributed by atoms with E-state index in [2.05, 4.69) is 10.2 Å². The van der Waals surface area contributed by atoms with Crippen molar-refractivity contribution in [2.45, 2.75) is 38.3 Å². The number of carbonyl (C=O) groups is 2.